The van der Waals surface area contributed by atoms with Crippen LogP contribution in [0.1, 0.15) is 59.8 Å². The Bertz CT molecular complexity index is 213. The average molecular weight is 246 g/mol. The highest BCUT2D eigenvalue weighted by molar-refractivity contribution is 5.69. The van der Waals surface area contributed by atoms with Gasteiger partial charge in [0.15, 0.2) is 0 Å². The van der Waals surface area contributed by atoms with Crippen LogP contribution in [0.5, 0.6) is 0 Å². The minimum Gasteiger partial charge on any atom is -0.481 e. The van der Waals surface area contributed by atoms with Gasteiger partial charge in [0.25, 0.3) is 0 Å². The molecule has 0 amide bonds. The zero-order valence-corrected chi connectivity index (χ0v) is 11.4. The van der Waals surface area contributed by atoms with Gasteiger partial charge in [-0.1, -0.05) is 40.5 Å². The normalized spacial score (nSPS) is 13.2. The minimum absolute atomic E-state index is 0.111. The maximum absolute atomic E-state index is 10.4. The number of unbranched alkanes of at least 4 members (excludes halogenated alkanes) is 1. The third kappa shape index (κ3) is 11.2. The Morgan fingerprint density at radius 2 is 1.53 bits per heavy atom. The highest BCUT2D eigenvalue weighted by Crippen LogP contribution is 2.11. The van der Waals surface area contributed by atoms with E-state index in [1.54, 1.807) is 6.92 Å². The second kappa shape index (κ2) is 11.4. The number of rotatable bonds is 7. The molecule has 4 heteroatoms. The summed E-state index contributed by atoms with van der Waals surface area (Å²) in [6.07, 6.45) is 4.43. The Kier molecular flexibility index (Phi) is 12.3. The number of carboxylic acids is 2. The SMILES string of the molecule is CCC(C)C(=O)O.CCCCC(CC)C(=O)O. The van der Waals surface area contributed by atoms with Gasteiger partial charge in [-0.15, -0.1) is 0 Å². The monoisotopic (exact) mass is 246 g/mol. The molecule has 4 nitrogen and oxygen atoms in total. The summed E-state index contributed by atoms with van der Waals surface area (Å²) in [6, 6.07) is 0. The third-order valence-corrected chi connectivity index (χ3v) is 2.78. The molecule has 0 aromatic heterocycles. The first-order chi connectivity index (χ1) is 7.90. The molecule has 0 aliphatic rings. The van der Waals surface area contributed by atoms with Gasteiger partial charge in [0.2, 0.25) is 0 Å². The van der Waals surface area contributed by atoms with Crippen molar-refractivity contribution in [1.82, 2.24) is 0 Å². The summed E-state index contributed by atoms with van der Waals surface area (Å²) >= 11 is 0. The van der Waals surface area contributed by atoms with Crippen molar-refractivity contribution in [3.05, 3.63) is 0 Å². The Labute approximate surface area is 104 Å². The van der Waals surface area contributed by atoms with Gasteiger partial charge in [0.05, 0.1) is 11.8 Å². The van der Waals surface area contributed by atoms with E-state index in [2.05, 4.69) is 6.92 Å². The number of carboxylic acid groups (broad SMARTS) is 2. The quantitative estimate of drug-likeness (QED) is 0.722. The van der Waals surface area contributed by atoms with Gasteiger partial charge >= 0.3 is 11.9 Å². The fraction of sp³-hybridized carbons (Fsp3) is 0.846. The molecule has 0 saturated heterocycles. The van der Waals surface area contributed by atoms with Crippen molar-refractivity contribution < 1.29 is 19.8 Å². The number of carbonyl (C=O) groups is 2. The average Bonchev–Trinajstić information content (AvgIpc) is 2.29. The summed E-state index contributed by atoms with van der Waals surface area (Å²) in [6.45, 7) is 7.56. The van der Waals surface area contributed by atoms with Crippen LogP contribution in [-0.2, 0) is 9.59 Å². The molecule has 0 radical (unpaired) electrons. The van der Waals surface area contributed by atoms with Crippen molar-refractivity contribution in [3.63, 3.8) is 0 Å². The van der Waals surface area contributed by atoms with E-state index >= 15 is 0 Å². The molecule has 0 aromatic rings. The summed E-state index contributed by atoms with van der Waals surface area (Å²) in [5, 5.41) is 16.8. The zero-order valence-electron chi connectivity index (χ0n) is 11.4. The molecular formula is C13H26O4. The van der Waals surface area contributed by atoms with Crippen molar-refractivity contribution in [1.29, 1.82) is 0 Å². The Morgan fingerprint density at radius 1 is 1.00 bits per heavy atom. The molecule has 0 fully saturated rings. The first-order valence-corrected chi connectivity index (χ1v) is 6.36. The molecule has 0 bridgehead atoms. The maximum atomic E-state index is 10.4. The first-order valence-electron chi connectivity index (χ1n) is 6.36. The summed E-state index contributed by atoms with van der Waals surface area (Å²) in [5.41, 5.74) is 0. The van der Waals surface area contributed by atoms with E-state index < -0.39 is 11.9 Å². The van der Waals surface area contributed by atoms with Crippen molar-refractivity contribution in [2.45, 2.75) is 59.8 Å². The van der Waals surface area contributed by atoms with E-state index in [1.807, 2.05) is 13.8 Å². The highest BCUT2D eigenvalue weighted by atomic mass is 16.4. The van der Waals surface area contributed by atoms with Gasteiger partial charge in [0, 0.05) is 0 Å². The van der Waals surface area contributed by atoms with Gasteiger partial charge in [-0.25, -0.2) is 0 Å². The second-order valence-corrected chi connectivity index (χ2v) is 4.23. The predicted molar refractivity (Wildman–Crippen MR) is 68.0 cm³/mol. The summed E-state index contributed by atoms with van der Waals surface area (Å²) in [4.78, 5) is 20.4. The highest BCUT2D eigenvalue weighted by Gasteiger charge is 2.12. The molecule has 102 valence electrons. The van der Waals surface area contributed by atoms with Crippen molar-refractivity contribution in [3.8, 4) is 0 Å². The Hall–Kier alpha value is -1.06. The van der Waals surface area contributed by atoms with Gasteiger partial charge in [-0.2, -0.15) is 0 Å². The predicted octanol–water partition coefficient (Wildman–Crippen LogP) is 3.40. The van der Waals surface area contributed by atoms with E-state index in [-0.39, 0.29) is 11.8 Å². The zero-order chi connectivity index (χ0) is 13.8. The van der Waals surface area contributed by atoms with Crippen LogP contribution < -0.4 is 0 Å². The molecule has 0 rings (SSSR count). The smallest absolute Gasteiger partial charge is 0.306 e. The lowest BCUT2D eigenvalue weighted by atomic mass is 10.00. The lowest BCUT2D eigenvalue weighted by Gasteiger charge is -2.06. The van der Waals surface area contributed by atoms with Crippen LogP contribution in [0.4, 0.5) is 0 Å². The van der Waals surface area contributed by atoms with Crippen molar-refractivity contribution in [2.24, 2.45) is 11.8 Å². The third-order valence-electron chi connectivity index (χ3n) is 2.78. The number of hydrogen-bond acceptors (Lipinski definition) is 2. The van der Waals surface area contributed by atoms with E-state index in [0.29, 0.717) is 0 Å². The van der Waals surface area contributed by atoms with Crippen LogP contribution in [0, 0.1) is 11.8 Å². The van der Waals surface area contributed by atoms with E-state index in [4.69, 9.17) is 10.2 Å². The first kappa shape index (κ1) is 18.3. The van der Waals surface area contributed by atoms with Gasteiger partial charge in [-0.3, -0.25) is 9.59 Å². The van der Waals surface area contributed by atoms with E-state index in [1.165, 1.54) is 0 Å². The molecule has 0 heterocycles. The molecule has 17 heavy (non-hydrogen) atoms. The molecule has 0 saturated carbocycles. The van der Waals surface area contributed by atoms with E-state index in [0.717, 1.165) is 32.1 Å². The fourth-order valence-electron chi connectivity index (χ4n) is 1.13. The molecular weight excluding hydrogens is 220 g/mol. The fourth-order valence-corrected chi connectivity index (χ4v) is 1.13. The Morgan fingerprint density at radius 3 is 1.71 bits per heavy atom. The Balaban J connectivity index is 0. The maximum Gasteiger partial charge on any atom is 0.306 e. The molecule has 0 spiro atoms. The van der Waals surface area contributed by atoms with Crippen LogP contribution in [0.25, 0.3) is 0 Å². The largest absolute Gasteiger partial charge is 0.481 e. The van der Waals surface area contributed by atoms with Crippen molar-refractivity contribution in [2.75, 3.05) is 0 Å². The van der Waals surface area contributed by atoms with Gasteiger partial charge in [-0.05, 0) is 19.3 Å². The standard InChI is InChI=1S/C8H16O2.C5H10O2/c1-3-5-6-7(4-2)8(9)10;1-3-4(2)5(6)7/h7H,3-6H2,1-2H3,(H,9,10);4H,3H2,1-2H3,(H,6,7). The molecule has 0 aliphatic carbocycles. The van der Waals surface area contributed by atoms with Crippen LogP contribution >= 0.6 is 0 Å². The second-order valence-electron chi connectivity index (χ2n) is 4.23. The van der Waals surface area contributed by atoms with Gasteiger partial charge in [0.1, 0.15) is 0 Å². The molecule has 2 atom stereocenters. The van der Waals surface area contributed by atoms with Gasteiger partial charge < -0.3 is 10.2 Å². The lowest BCUT2D eigenvalue weighted by Crippen LogP contribution is -2.11. The molecule has 0 aromatic carbocycles. The summed E-state index contributed by atoms with van der Waals surface area (Å²) < 4.78 is 0. The lowest BCUT2D eigenvalue weighted by molar-refractivity contribution is -0.142. The van der Waals surface area contributed by atoms with Crippen LogP contribution in [0.3, 0.4) is 0 Å². The van der Waals surface area contributed by atoms with E-state index in [9.17, 15) is 9.59 Å². The number of hydrogen-bond donors (Lipinski definition) is 2. The van der Waals surface area contributed by atoms with Crippen LogP contribution in [0.2, 0.25) is 0 Å². The summed E-state index contributed by atoms with van der Waals surface area (Å²) in [5.74, 6) is -1.64. The van der Waals surface area contributed by atoms with Crippen LogP contribution in [0.15, 0.2) is 0 Å². The molecule has 2 unspecified atom stereocenters. The minimum atomic E-state index is -0.706. The molecule has 0 aliphatic heterocycles. The molecule has 2 N–H and O–H groups in total. The summed E-state index contributed by atoms with van der Waals surface area (Å²) in [7, 11) is 0. The number of aliphatic carboxylic acids is 2. The topological polar surface area (TPSA) is 74.6 Å². The van der Waals surface area contributed by atoms with Crippen molar-refractivity contribution >= 4 is 11.9 Å². The van der Waals surface area contributed by atoms with Crippen LogP contribution in [-0.4, -0.2) is 22.2 Å².